The van der Waals surface area contributed by atoms with Crippen LogP contribution in [0.5, 0.6) is 0 Å². The molecule has 1 aliphatic rings. The number of aromatic amines is 1. The van der Waals surface area contributed by atoms with Crippen molar-refractivity contribution in [2.24, 2.45) is 11.8 Å². The van der Waals surface area contributed by atoms with E-state index in [1.165, 1.54) is 0 Å². The summed E-state index contributed by atoms with van der Waals surface area (Å²) in [4.78, 5) is 35.0. The summed E-state index contributed by atoms with van der Waals surface area (Å²) < 4.78 is 0. The second kappa shape index (κ2) is 6.72. The number of carbonyl (C=O) groups excluding carboxylic acids is 1. The van der Waals surface area contributed by atoms with Gasteiger partial charge in [0, 0.05) is 12.1 Å². The Kier molecular flexibility index (Phi) is 4.95. The third-order valence-corrected chi connectivity index (χ3v) is 4.34. The molecule has 2 unspecified atom stereocenters. The van der Waals surface area contributed by atoms with Crippen LogP contribution in [0.4, 0.5) is 0 Å². The molecule has 1 fully saturated rings. The van der Waals surface area contributed by atoms with Gasteiger partial charge in [-0.1, -0.05) is 13.8 Å². The van der Waals surface area contributed by atoms with E-state index in [0.717, 1.165) is 11.3 Å². The Labute approximate surface area is 128 Å². The molecule has 1 heterocycles. The molecule has 1 aromatic heterocycles. The van der Waals surface area contributed by atoms with Gasteiger partial charge >= 0.3 is 5.97 Å². The Bertz CT molecular complexity index is 638. The van der Waals surface area contributed by atoms with Crippen molar-refractivity contribution in [2.75, 3.05) is 0 Å². The lowest BCUT2D eigenvalue weighted by Gasteiger charge is -2.31. The summed E-state index contributed by atoms with van der Waals surface area (Å²) in [5.74, 6) is -2.33. The number of H-pyrrole nitrogens is 1. The number of hydrogen-bond donors (Lipinski definition) is 3. The number of carboxylic acid groups (broad SMARTS) is 1. The van der Waals surface area contributed by atoms with Gasteiger partial charge in [-0.3, -0.25) is 14.4 Å². The van der Waals surface area contributed by atoms with E-state index in [1.807, 2.05) is 13.8 Å². The van der Waals surface area contributed by atoms with Gasteiger partial charge in [-0.15, -0.1) is 0 Å². The molecule has 120 valence electrons. The largest absolute Gasteiger partial charge is 0.481 e. The summed E-state index contributed by atoms with van der Waals surface area (Å²) in [5.41, 5.74) is 1.87. The standard InChI is InChI=1S/C15H21N3O4/c1-3-8-11(14(20)18-17-12(8)4-2)7-16-13(19)9-5-6-10(9)15(21)22/h9-10H,3-7H2,1-2H3,(H,16,19)(H,18,20)(H,21,22). The first-order chi connectivity index (χ1) is 10.5. The molecule has 1 saturated carbocycles. The maximum Gasteiger partial charge on any atom is 0.307 e. The van der Waals surface area contributed by atoms with Crippen LogP contribution < -0.4 is 10.9 Å². The molecule has 2 rings (SSSR count). The highest BCUT2D eigenvalue weighted by molar-refractivity contribution is 5.86. The van der Waals surface area contributed by atoms with E-state index in [9.17, 15) is 14.4 Å². The zero-order chi connectivity index (χ0) is 16.3. The molecule has 0 spiro atoms. The molecule has 7 nitrogen and oxygen atoms in total. The van der Waals surface area contributed by atoms with Gasteiger partial charge in [0.15, 0.2) is 0 Å². The number of nitrogens with zero attached hydrogens (tertiary/aromatic N) is 1. The fourth-order valence-electron chi connectivity index (χ4n) is 2.88. The van der Waals surface area contributed by atoms with E-state index in [1.54, 1.807) is 0 Å². The van der Waals surface area contributed by atoms with Gasteiger partial charge in [0.05, 0.1) is 17.5 Å². The van der Waals surface area contributed by atoms with Crippen LogP contribution in [0.25, 0.3) is 0 Å². The first-order valence-electron chi connectivity index (χ1n) is 7.59. The number of hydrogen-bond acceptors (Lipinski definition) is 4. The Morgan fingerprint density at radius 2 is 1.91 bits per heavy atom. The first kappa shape index (κ1) is 16.2. The van der Waals surface area contributed by atoms with Gasteiger partial charge in [0.2, 0.25) is 5.91 Å². The summed E-state index contributed by atoms with van der Waals surface area (Å²) in [6, 6.07) is 0. The minimum absolute atomic E-state index is 0.107. The van der Waals surface area contributed by atoms with Crippen LogP contribution in [0.2, 0.25) is 0 Å². The minimum Gasteiger partial charge on any atom is -0.481 e. The highest BCUT2D eigenvalue weighted by Gasteiger charge is 2.41. The molecule has 0 saturated heterocycles. The van der Waals surface area contributed by atoms with Gasteiger partial charge in [0.1, 0.15) is 0 Å². The Morgan fingerprint density at radius 1 is 1.23 bits per heavy atom. The summed E-state index contributed by atoms with van der Waals surface area (Å²) in [6.45, 7) is 4.00. The van der Waals surface area contributed by atoms with Crippen molar-refractivity contribution in [1.29, 1.82) is 0 Å². The van der Waals surface area contributed by atoms with Crippen LogP contribution in [-0.2, 0) is 29.0 Å². The molecule has 3 N–H and O–H groups in total. The maximum atomic E-state index is 12.1. The number of nitrogens with one attached hydrogen (secondary N) is 2. The molecule has 22 heavy (non-hydrogen) atoms. The van der Waals surface area contributed by atoms with Crippen molar-refractivity contribution >= 4 is 11.9 Å². The van der Waals surface area contributed by atoms with E-state index in [0.29, 0.717) is 31.2 Å². The fraction of sp³-hybridized carbons (Fsp3) is 0.600. The lowest BCUT2D eigenvalue weighted by atomic mass is 9.73. The summed E-state index contributed by atoms with van der Waals surface area (Å²) in [7, 11) is 0. The molecule has 1 amide bonds. The summed E-state index contributed by atoms with van der Waals surface area (Å²) in [6.07, 6.45) is 2.47. The predicted molar refractivity (Wildman–Crippen MR) is 79.3 cm³/mol. The van der Waals surface area contributed by atoms with E-state index < -0.39 is 17.8 Å². The van der Waals surface area contributed by atoms with E-state index in [4.69, 9.17) is 5.11 Å². The van der Waals surface area contributed by atoms with Crippen LogP contribution in [-0.4, -0.2) is 27.2 Å². The fourth-order valence-corrected chi connectivity index (χ4v) is 2.88. The number of amides is 1. The highest BCUT2D eigenvalue weighted by atomic mass is 16.4. The molecule has 2 atom stereocenters. The van der Waals surface area contributed by atoms with E-state index in [-0.39, 0.29) is 18.0 Å². The van der Waals surface area contributed by atoms with Crippen LogP contribution in [0.1, 0.15) is 43.5 Å². The molecule has 0 radical (unpaired) electrons. The predicted octanol–water partition coefficient (Wildman–Crippen LogP) is 0.622. The number of carboxylic acids is 1. The second-order valence-corrected chi connectivity index (χ2v) is 5.51. The number of aryl methyl sites for hydroxylation is 1. The summed E-state index contributed by atoms with van der Waals surface area (Å²) in [5, 5.41) is 18.2. The molecular weight excluding hydrogens is 286 g/mol. The van der Waals surface area contributed by atoms with Crippen molar-refractivity contribution in [3.05, 3.63) is 27.2 Å². The van der Waals surface area contributed by atoms with Gasteiger partial charge in [0.25, 0.3) is 5.56 Å². The minimum atomic E-state index is -0.935. The number of aromatic nitrogens is 2. The molecule has 1 aromatic rings. The number of rotatable bonds is 6. The Balaban J connectivity index is 2.10. The van der Waals surface area contributed by atoms with Gasteiger partial charge in [-0.05, 0) is 31.2 Å². The van der Waals surface area contributed by atoms with E-state index in [2.05, 4.69) is 15.5 Å². The zero-order valence-corrected chi connectivity index (χ0v) is 12.8. The third-order valence-electron chi connectivity index (χ3n) is 4.34. The van der Waals surface area contributed by atoms with Crippen molar-refractivity contribution in [2.45, 2.75) is 46.1 Å². The molecular formula is C15H21N3O4. The number of aliphatic carboxylic acids is 1. The first-order valence-corrected chi connectivity index (χ1v) is 7.59. The lowest BCUT2D eigenvalue weighted by molar-refractivity contribution is -0.152. The second-order valence-electron chi connectivity index (χ2n) is 5.51. The molecule has 1 aliphatic carbocycles. The van der Waals surface area contributed by atoms with Crippen LogP contribution in [0.15, 0.2) is 4.79 Å². The quantitative estimate of drug-likeness (QED) is 0.713. The van der Waals surface area contributed by atoms with Crippen LogP contribution in [0, 0.1) is 11.8 Å². The van der Waals surface area contributed by atoms with Gasteiger partial charge in [-0.25, -0.2) is 5.10 Å². The molecule has 0 bridgehead atoms. The highest BCUT2D eigenvalue weighted by Crippen LogP contribution is 2.34. The Hall–Kier alpha value is -2.18. The molecule has 0 aromatic carbocycles. The Morgan fingerprint density at radius 3 is 2.41 bits per heavy atom. The van der Waals surface area contributed by atoms with Crippen molar-refractivity contribution in [3.8, 4) is 0 Å². The van der Waals surface area contributed by atoms with Gasteiger partial charge < -0.3 is 10.4 Å². The van der Waals surface area contributed by atoms with Crippen LogP contribution >= 0.6 is 0 Å². The van der Waals surface area contributed by atoms with Crippen molar-refractivity contribution in [3.63, 3.8) is 0 Å². The van der Waals surface area contributed by atoms with E-state index >= 15 is 0 Å². The molecule has 0 aliphatic heterocycles. The van der Waals surface area contributed by atoms with Crippen molar-refractivity contribution < 1.29 is 14.7 Å². The topological polar surface area (TPSA) is 112 Å². The van der Waals surface area contributed by atoms with Crippen LogP contribution in [0.3, 0.4) is 0 Å². The normalized spacial score (nSPS) is 20.3. The number of carbonyl (C=O) groups is 2. The van der Waals surface area contributed by atoms with Gasteiger partial charge in [-0.2, -0.15) is 5.10 Å². The molecule has 7 heteroatoms. The SMILES string of the molecule is CCc1n[nH]c(=O)c(CNC(=O)C2CCC2C(=O)O)c1CC. The summed E-state index contributed by atoms with van der Waals surface area (Å²) >= 11 is 0. The smallest absolute Gasteiger partial charge is 0.307 e. The maximum absolute atomic E-state index is 12.1. The lowest BCUT2D eigenvalue weighted by Crippen LogP contribution is -2.44. The average molecular weight is 307 g/mol. The zero-order valence-electron chi connectivity index (χ0n) is 12.8. The third kappa shape index (κ3) is 3.03. The monoisotopic (exact) mass is 307 g/mol. The van der Waals surface area contributed by atoms with Crippen molar-refractivity contribution in [1.82, 2.24) is 15.5 Å². The average Bonchev–Trinajstić information content (AvgIpc) is 2.43.